The normalized spacial score (nSPS) is 25.4. The van der Waals surface area contributed by atoms with E-state index in [1.165, 1.54) is 0 Å². The average molecular weight is 280 g/mol. The van der Waals surface area contributed by atoms with Crippen molar-refractivity contribution in [3.05, 3.63) is 12.4 Å². The highest BCUT2D eigenvalue weighted by molar-refractivity contribution is 5.90. The van der Waals surface area contributed by atoms with Crippen LogP contribution < -0.4 is 10.6 Å². The van der Waals surface area contributed by atoms with E-state index >= 15 is 0 Å². The van der Waals surface area contributed by atoms with E-state index in [4.69, 9.17) is 0 Å². The zero-order valence-electron chi connectivity index (χ0n) is 11.7. The van der Waals surface area contributed by atoms with Gasteiger partial charge in [-0.15, -0.1) is 0 Å². The van der Waals surface area contributed by atoms with Gasteiger partial charge in [-0.3, -0.25) is 9.48 Å². The number of anilines is 1. The van der Waals surface area contributed by atoms with Crippen LogP contribution in [0.2, 0.25) is 0 Å². The highest BCUT2D eigenvalue weighted by Crippen LogP contribution is 2.38. The van der Waals surface area contributed by atoms with Crippen molar-refractivity contribution in [1.29, 1.82) is 0 Å². The Morgan fingerprint density at radius 2 is 2.35 bits per heavy atom. The molecule has 1 heterocycles. The first-order valence-electron chi connectivity index (χ1n) is 6.79. The first kappa shape index (κ1) is 14.4. The lowest BCUT2D eigenvalue weighted by molar-refractivity contribution is -0.148. The Labute approximate surface area is 117 Å². The molecule has 1 aliphatic rings. The third-order valence-corrected chi connectivity index (χ3v) is 3.97. The molecule has 110 valence electrons. The van der Waals surface area contributed by atoms with Gasteiger partial charge in [-0.25, -0.2) is 4.79 Å². The van der Waals surface area contributed by atoms with Gasteiger partial charge in [0.25, 0.3) is 0 Å². The predicted octanol–water partition coefficient (Wildman–Crippen LogP) is 1.67. The van der Waals surface area contributed by atoms with Crippen molar-refractivity contribution in [1.82, 2.24) is 15.1 Å². The number of nitrogens with one attached hydrogen (secondary N) is 2. The van der Waals surface area contributed by atoms with Crippen molar-refractivity contribution < 1.29 is 14.7 Å². The number of hydrogen-bond acceptors (Lipinski definition) is 3. The van der Waals surface area contributed by atoms with E-state index in [1.54, 1.807) is 24.0 Å². The molecule has 2 amide bonds. The number of urea groups is 1. The molecule has 0 saturated heterocycles. The molecule has 7 heteroatoms. The molecule has 20 heavy (non-hydrogen) atoms. The molecule has 1 aliphatic carbocycles. The van der Waals surface area contributed by atoms with Crippen LogP contribution in [0.25, 0.3) is 0 Å². The highest BCUT2D eigenvalue weighted by Gasteiger charge is 2.45. The lowest BCUT2D eigenvalue weighted by atomic mass is 9.85. The molecule has 1 aromatic heterocycles. The van der Waals surface area contributed by atoms with E-state index in [2.05, 4.69) is 15.7 Å². The fourth-order valence-corrected chi connectivity index (χ4v) is 2.58. The second-order valence-electron chi connectivity index (χ2n) is 5.35. The van der Waals surface area contributed by atoms with Crippen LogP contribution in [-0.4, -0.2) is 32.9 Å². The van der Waals surface area contributed by atoms with Crippen molar-refractivity contribution >= 4 is 17.7 Å². The molecular formula is C13H20N4O3. The number of carboxylic acids is 1. The van der Waals surface area contributed by atoms with Crippen molar-refractivity contribution in [2.45, 2.75) is 45.7 Å². The van der Waals surface area contributed by atoms with E-state index in [0.29, 0.717) is 18.5 Å². The summed E-state index contributed by atoms with van der Waals surface area (Å²) in [7, 11) is 0. The lowest BCUT2D eigenvalue weighted by Gasteiger charge is -2.27. The summed E-state index contributed by atoms with van der Waals surface area (Å²) in [5.41, 5.74) is -0.287. The molecule has 3 N–H and O–H groups in total. The maximum absolute atomic E-state index is 11.9. The van der Waals surface area contributed by atoms with Gasteiger partial charge >= 0.3 is 12.0 Å². The molecule has 1 aromatic rings. The molecule has 0 spiro atoms. The Hall–Kier alpha value is -2.05. The average Bonchev–Trinajstić information content (AvgIpc) is 2.98. The van der Waals surface area contributed by atoms with Gasteiger partial charge in [-0.1, -0.05) is 6.42 Å². The summed E-state index contributed by atoms with van der Waals surface area (Å²) in [5, 5.41) is 18.8. The van der Waals surface area contributed by atoms with Gasteiger partial charge < -0.3 is 15.7 Å². The highest BCUT2D eigenvalue weighted by atomic mass is 16.4. The van der Waals surface area contributed by atoms with Crippen LogP contribution in [0.1, 0.15) is 33.1 Å². The predicted molar refractivity (Wildman–Crippen MR) is 73.4 cm³/mol. The van der Waals surface area contributed by atoms with E-state index in [0.717, 1.165) is 13.0 Å². The number of carbonyl (C=O) groups is 2. The molecule has 0 bridgehead atoms. The second-order valence-corrected chi connectivity index (χ2v) is 5.35. The molecule has 0 aliphatic heterocycles. The van der Waals surface area contributed by atoms with Crippen molar-refractivity contribution in [2.24, 2.45) is 5.41 Å². The van der Waals surface area contributed by atoms with Gasteiger partial charge in [0.2, 0.25) is 0 Å². The minimum absolute atomic E-state index is 0.346. The van der Waals surface area contributed by atoms with Gasteiger partial charge in [-0.2, -0.15) is 5.10 Å². The van der Waals surface area contributed by atoms with Gasteiger partial charge in [0.05, 0.1) is 17.3 Å². The maximum atomic E-state index is 11.9. The summed E-state index contributed by atoms with van der Waals surface area (Å²) in [6, 6.07) is -0.735. The summed E-state index contributed by atoms with van der Waals surface area (Å²) < 4.78 is 1.70. The van der Waals surface area contributed by atoms with Gasteiger partial charge in [0.1, 0.15) is 0 Å². The maximum Gasteiger partial charge on any atom is 0.319 e. The second kappa shape index (κ2) is 5.52. The smallest absolute Gasteiger partial charge is 0.319 e. The quantitative estimate of drug-likeness (QED) is 0.781. The van der Waals surface area contributed by atoms with Crippen molar-refractivity contribution in [3.8, 4) is 0 Å². The first-order chi connectivity index (χ1) is 9.45. The molecular weight excluding hydrogens is 260 g/mol. The van der Waals surface area contributed by atoms with Crippen LogP contribution in [0.4, 0.5) is 10.5 Å². The van der Waals surface area contributed by atoms with Gasteiger partial charge in [0, 0.05) is 18.8 Å². The lowest BCUT2D eigenvalue weighted by Crippen LogP contribution is -2.48. The van der Waals surface area contributed by atoms with Crippen LogP contribution in [0, 0.1) is 5.41 Å². The summed E-state index contributed by atoms with van der Waals surface area (Å²) in [4.78, 5) is 23.3. The SMILES string of the molecule is CCn1cc(NC(=O)NC2CCCC2(C)C(=O)O)cn1. The topological polar surface area (TPSA) is 96.2 Å². The van der Waals surface area contributed by atoms with E-state index in [1.807, 2.05) is 6.92 Å². The Morgan fingerprint density at radius 1 is 1.60 bits per heavy atom. The number of aryl methyl sites for hydroxylation is 1. The Morgan fingerprint density at radius 3 is 2.95 bits per heavy atom. The summed E-state index contributed by atoms with van der Waals surface area (Å²) >= 11 is 0. The van der Waals surface area contributed by atoms with Crippen LogP contribution >= 0.6 is 0 Å². The number of aromatic nitrogens is 2. The van der Waals surface area contributed by atoms with Crippen LogP contribution in [0.3, 0.4) is 0 Å². The minimum atomic E-state index is -0.884. The molecule has 1 saturated carbocycles. The molecule has 1 fully saturated rings. The third kappa shape index (κ3) is 2.76. The summed E-state index contributed by atoms with van der Waals surface area (Å²) in [6.45, 7) is 4.36. The molecule has 0 radical (unpaired) electrons. The number of hydrogen-bond donors (Lipinski definition) is 3. The standard InChI is InChI=1S/C13H20N4O3/c1-3-17-8-9(7-14-17)15-12(20)16-10-5-4-6-13(10,2)11(18)19/h7-8,10H,3-6H2,1-2H3,(H,18,19)(H2,15,16,20). The Balaban J connectivity index is 1.96. The van der Waals surface area contributed by atoms with Gasteiger partial charge in [-0.05, 0) is 26.7 Å². The number of nitrogens with zero attached hydrogens (tertiary/aromatic N) is 2. The molecule has 2 rings (SSSR count). The number of rotatable bonds is 4. The monoisotopic (exact) mass is 280 g/mol. The largest absolute Gasteiger partial charge is 0.481 e. The minimum Gasteiger partial charge on any atom is -0.481 e. The number of carboxylic acid groups (broad SMARTS) is 1. The first-order valence-corrected chi connectivity index (χ1v) is 6.79. The number of aliphatic carboxylic acids is 1. The van der Waals surface area contributed by atoms with Crippen LogP contribution in [-0.2, 0) is 11.3 Å². The number of amides is 2. The Bertz CT molecular complexity index is 513. The van der Waals surface area contributed by atoms with E-state index in [9.17, 15) is 14.7 Å². The fourth-order valence-electron chi connectivity index (χ4n) is 2.58. The van der Waals surface area contributed by atoms with Crippen molar-refractivity contribution in [3.63, 3.8) is 0 Å². The van der Waals surface area contributed by atoms with Crippen LogP contribution in [0.5, 0.6) is 0 Å². The summed E-state index contributed by atoms with van der Waals surface area (Å²) in [5.74, 6) is -0.862. The molecule has 2 atom stereocenters. The van der Waals surface area contributed by atoms with Crippen molar-refractivity contribution in [2.75, 3.05) is 5.32 Å². The molecule has 2 unspecified atom stereocenters. The van der Waals surface area contributed by atoms with E-state index in [-0.39, 0.29) is 12.1 Å². The third-order valence-electron chi connectivity index (χ3n) is 3.97. The Kier molecular flexibility index (Phi) is 3.96. The fraction of sp³-hybridized carbons (Fsp3) is 0.615. The summed E-state index contributed by atoms with van der Waals surface area (Å²) in [6.07, 6.45) is 5.37. The zero-order valence-corrected chi connectivity index (χ0v) is 11.7. The molecule has 0 aromatic carbocycles. The van der Waals surface area contributed by atoms with Crippen LogP contribution in [0.15, 0.2) is 12.4 Å². The zero-order chi connectivity index (χ0) is 14.8. The molecule has 7 nitrogen and oxygen atoms in total. The van der Waals surface area contributed by atoms with E-state index < -0.39 is 11.4 Å². The number of carbonyl (C=O) groups excluding carboxylic acids is 1. The van der Waals surface area contributed by atoms with Gasteiger partial charge in [0.15, 0.2) is 0 Å².